The minimum Gasteiger partial charge on any atom is -0.481 e. The summed E-state index contributed by atoms with van der Waals surface area (Å²) in [6, 6.07) is 16.1. The molecule has 5 heteroatoms. The second-order valence-corrected chi connectivity index (χ2v) is 7.82. The van der Waals surface area contributed by atoms with Crippen LogP contribution in [0.4, 0.5) is 4.39 Å². The van der Waals surface area contributed by atoms with Gasteiger partial charge in [-0.05, 0) is 24.8 Å². The summed E-state index contributed by atoms with van der Waals surface area (Å²) in [4.78, 5) is 23.1. The summed E-state index contributed by atoms with van der Waals surface area (Å²) < 4.78 is 14.6. The number of ketones is 1. The largest absolute Gasteiger partial charge is 0.481 e. The Morgan fingerprint density at radius 2 is 1.67 bits per heavy atom. The van der Waals surface area contributed by atoms with Gasteiger partial charge < -0.3 is 10.2 Å². The number of carbonyl (C=O) groups is 2. The van der Waals surface area contributed by atoms with Crippen molar-refractivity contribution in [3.8, 4) is 0 Å². The van der Waals surface area contributed by atoms with E-state index in [0.29, 0.717) is 30.4 Å². The molecule has 1 saturated carbocycles. The molecule has 30 heavy (non-hydrogen) atoms. The minimum absolute atomic E-state index is 0.0710. The molecule has 2 unspecified atom stereocenters. The van der Waals surface area contributed by atoms with Crippen LogP contribution in [0.3, 0.4) is 0 Å². The Labute approximate surface area is 176 Å². The van der Waals surface area contributed by atoms with Crippen LogP contribution in [0, 0.1) is 5.92 Å². The average molecular weight is 410 g/mol. The summed E-state index contributed by atoms with van der Waals surface area (Å²) in [5.41, 5.74) is 2.00. The van der Waals surface area contributed by atoms with Gasteiger partial charge in [0.2, 0.25) is 0 Å². The Balaban J connectivity index is 1.67. The third-order valence-electron chi connectivity index (χ3n) is 5.74. The molecule has 0 saturated heterocycles. The number of aliphatic carboxylic acids is 1. The molecule has 0 spiro atoms. The molecular formula is C25H27FO4. The molecule has 4 nitrogen and oxygen atoms in total. The molecule has 2 aromatic rings. The molecule has 4 atom stereocenters. The van der Waals surface area contributed by atoms with Crippen LogP contribution in [-0.2, 0) is 4.79 Å². The minimum atomic E-state index is -1.10. The van der Waals surface area contributed by atoms with Crippen LogP contribution in [0.1, 0.15) is 59.5 Å². The molecule has 158 valence electrons. The molecule has 0 radical (unpaired) electrons. The first-order chi connectivity index (χ1) is 14.5. The maximum atomic E-state index is 14.6. The van der Waals surface area contributed by atoms with Crippen molar-refractivity contribution in [3.63, 3.8) is 0 Å². The highest BCUT2D eigenvalue weighted by atomic mass is 19.1. The van der Waals surface area contributed by atoms with Crippen molar-refractivity contribution in [2.24, 2.45) is 5.92 Å². The number of carbonyl (C=O) groups excluding carboxylic acids is 1. The summed E-state index contributed by atoms with van der Waals surface area (Å²) >= 11 is 0. The molecule has 0 amide bonds. The number of hydrogen-bond acceptors (Lipinski definition) is 3. The summed E-state index contributed by atoms with van der Waals surface area (Å²) in [7, 11) is 0. The van der Waals surface area contributed by atoms with Crippen molar-refractivity contribution < 1.29 is 24.2 Å². The first-order valence-corrected chi connectivity index (χ1v) is 10.4. The first-order valence-electron chi connectivity index (χ1n) is 10.4. The monoisotopic (exact) mass is 410 g/mol. The van der Waals surface area contributed by atoms with Gasteiger partial charge in [0.25, 0.3) is 0 Å². The number of unbranched alkanes of at least 4 members (excludes halogenated alkanes) is 1. The number of aliphatic hydroxyl groups is 1. The lowest BCUT2D eigenvalue weighted by Crippen LogP contribution is -2.18. The van der Waals surface area contributed by atoms with Crippen molar-refractivity contribution in [2.75, 3.05) is 0 Å². The van der Waals surface area contributed by atoms with Crippen LogP contribution >= 0.6 is 0 Å². The Morgan fingerprint density at radius 3 is 2.33 bits per heavy atom. The maximum absolute atomic E-state index is 14.6. The van der Waals surface area contributed by atoms with Gasteiger partial charge in [0.05, 0.1) is 6.10 Å². The Morgan fingerprint density at radius 1 is 1.00 bits per heavy atom. The quantitative estimate of drug-likeness (QED) is 0.350. The smallest absolute Gasteiger partial charge is 0.303 e. The second-order valence-electron chi connectivity index (χ2n) is 7.82. The molecule has 0 heterocycles. The predicted molar refractivity (Wildman–Crippen MR) is 113 cm³/mol. The van der Waals surface area contributed by atoms with Crippen LogP contribution in [0.2, 0.25) is 0 Å². The standard InChI is InChI=1S/C25H27FO4/c26-21-16-22(27)24(20(21)10-6-1-2-7-11-23(28)29)17-12-14-19(15-13-17)25(30)18-8-4-3-5-9-18/h1,3-6,8-9,12-15,20-22,24,27H,2,7,10-11,16H2,(H,28,29)/t20?,21-,22-,24?/m1/s1. The Kier molecular flexibility index (Phi) is 7.52. The number of carboxylic acids is 1. The summed E-state index contributed by atoms with van der Waals surface area (Å²) in [5.74, 6) is -1.56. The highest BCUT2D eigenvalue weighted by molar-refractivity contribution is 6.08. The Bertz CT molecular complexity index is 876. The summed E-state index contributed by atoms with van der Waals surface area (Å²) in [5, 5.41) is 19.1. The highest BCUT2D eigenvalue weighted by Gasteiger charge is 2.42. The number of alkyl halides is 1. The molecule has 1 fully saturated rings. The fraction of sp³-hybridized carbons (Fsp3) is 0.360. The first kappa shape index (κ1) is 21.9. The number of carboxylic acid groups (broad SMARTS) is 1. The van der Waals surface area contributed by atoms with Gasteiger partial charge in [0.15, 0.2) is 5.78 Å². The lowest BCUT2D eigenvalue weighted by atomic mass is 9.84. The van der Waals surface area contributed by atoms with Crippen molar-refractivity contribution in [3.05, 3.63) is 83.4 Å². The van der Waals surface area contributed by atoms with Crippen LogP contribution in [0.25, 0.3) is 0 Å². The van der Waals surface area contributed by atoms with E-state index < -0.39 is 18.2 Å². The van der Waals surface area contributed by atoms with E-state index in [0.717, 1.165) is 5.56 Å². The number of aliphatic hydroxyl groups excluding tert-OH is 1. The maximum Gasteiger partial charge on any atom is 0.303 e. The lowest BCUT2D eigenvalue weighted by Gasteiger charge is -2.22. The van der Waals surface area contributed by atoms with Crippen LogP contribution in [0.15, 0.2) is 66.7 Å². The van der Waals surface area contributed by atoms with Crippen LogP contribution in [-0.4, -0.2) is 34.2 Å². The van der Waals surface area contributed by atoms with Gasteiger partial charge in [0.1, 0.15) is 6.17 Å². The second kappa shape index (κ2) is 10.3. The van der Waals surface area contributed by atoms with Gasteiger partial charge in [-0.2, -0.15) is 0 Å². The number of benzene rings is 2. The molecule has 0 bridgehead atoms. The molecular weight excluding hydrogens is 383 g/mol. The van der Waals surface area contributed by atoms with E-state index >= 15 is 0 Å². The third kappa shape index (κ3) is 5.42. The summed E-state index contributed by atoms with van der Waals surface area (Å²) in [6.45, 7) is 0. The van der Waals surface area contributed by atoms with Crippen molar-refractivity contribution in [1.82, 2.24) is 0 Å². The van der Waals surface area contributed by atoms with Gasteiger partial charge >= 0.3 is 5.97 Å². The fourth-order valence-corrected chi connectivity index (χ4v) is 4.18. The van der Waals surface area contributed by atoms with Gasteiger partial charge in [-0.1, -0.05) is 66.7 Å². The number of rotatable bonds is 9. The van der Waals surface area contributed by atoms with Gasteiger partial charge in [-0.15, -0.1) is 0 Å². The molecule has 2 aromatic carbocycles. The topological polar surface area (TPSA) is 74.6 Å². The van der Waals surface area contributed by atoms with E-state index in [1.807, 2.05) is 42.5 Å². The predicted octanol–water partition coefficient (Wildman–Crippen LogP) is 4.92. The third-order valence-corrected chi connectivity index (χ3v) is 5.74. The molecule has 1 aliphatic carbocycles. The number of allylic oxidation sites excluding steroid dienone is 2. The van der Waals surface area contributed by atoms with Crippen LogP contribution in [0.5, 0.6) is 0 Å². The number of halogens is 1. The van der Waals surface area contributed by atoms with E-state index in [9.17, 15) is 19.1 Å². The molecule has 1 aliphatic rings. The van der Waals surface area contributed by atoms with E-state index in [1.165, 1.54) is 0 Å². The molecule has 0 aromatic heterocycles. The number of hydrogen-bond donors (Lipinski definition) is 2. The normalized spacial score (nSPS) is 23.7. The zero-order chi connectivity index (χ0) is 21.5. The van der Waals surface area contributed by atoms with Gasteiger partial charge in [-0.25, -0.2) is 4.39 Å². The van der Waals surface area contributed by atoms with E-state index in [4.69, 9.17) is 5.11 Å². The average Bonchev–Trinajstić information content (AvgIpc) is 3.03. The van der Waals surface area contributed by atoms with E-state index in [2.05, 4.69) is 0 Å². The SMILES string of the molecule is O=C(O)CCCC=CCC1C(c2ccc(C(=O)c3ccccc3)cc2)[C@H](O)C[C@H]1F. The summed E-state index contributed by atoms with van der Waals surface area (Å²) in [6.07, 6.45) is 3.82. The fourth-order valence-electron chi connectivity index (χ4n) is 4.18. The molecule has 3 rings (SSSR count). The van der Waals surface area contributed by atoms with Gasteiger partial charge in [-0.3, -0.25) is 9.59 Å². The van der Waals surface area contributed by atoms with Gasteiger partial charge in [0, 0.05) is 35.8 Å². The lowest BCUT2D eigenvalue weighted by molar-refractivity contribution is -0.137. The molecule has 0 aliphatic heterocycles. The highest BCUT2D eigenvalue weighted by Crippen LogP contribution is 2.43. The van der Waals surface area contributed by atoms with Crippen LogP contribution < -0.4 is 0 Å². The molecule has 2 N–H and O–H groups in total. The van der Waals surface area contributed by atoms with Crippen molar-refractivity contribution >= 4 is 11.8 Å². The van der Waals surface area contributed by atoms with E-state index in [-0.39, 0.29) is 30.5 Å². The Hall–Kier alpha value is -2.79. The van der Waals surface area contributed by atoms with Crippen molar-refractivity contribution in [2.45, 2.75) is 50.3 Å². The van der Waals surface area contributed by atoms with E-state index in [1.54, 1.807) is 24.3 Å². The van der Waals surface area contributed by atoms with Crippen molar-refractivity contribution in [1.29, 1.82) is 0 Å². The zero-order valence-electron chi connectivity index (χ0n) is 16.8. The zero-order valence-corrected chi connectivity index (χ0v) is 16.8.